The highest BCUT2D eigenvalue weighted by atomic mass is 79.9. The zero-order valence-corrected chi connectivity index (χ0v) is 11.1. The quantitative estimate of drug-likeness (QED) is 0.890. The fourth-order valence-corrected chi connectivity index (χ4v) is 2.24. The molecule has 78 valence electrons. The second-order valence-corrected chi connectivity index (χ2v) is 4.96. The Balaban J connectivity index is 2.51. The van der Waals surface area contributed by atoms with Gasteiger partial charge < -0.3 is 10.4 Å². The molecule has 1 rings (SSSR count). The Morgan fingerprint density at radius 1 is 1.43 bits per heavy atom. The summed E-state index contributed by atoms with van der Waals surface area (Å²) < 4.78 is 2.07. The molecule has 0 amide bonds. The van der Waals surface area contributed by atoms with Gasteiger partial charge in [-0.1, -0.05) is 15.9 Å². The van der Waals surface area contributed by atoms with Crippen molar-refractivity contribution in [3.8, 4) is 0 Å². The van der Waals surface area contributed by atoms with Crippen molar-refractivity contribution in [2.75, 3.05) is 11.9 Å². The van der Waals surface area contributed by atoms with Gasteiger partial charge in [0.2, 0.25) is 0 Å². The number of halogens is 2. The molecule has 1 aromatic carbocycles. The van der Waals surface area contributed by atoms with E-state index in [1.165, 1.54) is 0 Å². The van der Waals surface area contributed by atoms with Gasteiger partial charge in [-0.15, -0.1) is 0 Å². The normalized spacial score (nSPS) is 12.6. The van der Waals surface area contributed by atoms with Crippen LogP contribution in [0, 0.1) is 0 Å². The van der Waals surface area contributed by atoms with Crippen LogP contribution in [0.15, 0.2) is 27.1 Å². The van der Waals surface area contributed by atoms with Crippen LogP contribution in [0.5, 0.6) is 0 Å². The third kappa shape index (κ3) is 3.98. The summed E-state index contributed by atoms with van der Waals surface area (Å²) in [4.78, 5) is 0. The molecule has 14 heavy (non-hydrogen) atoms. The first-order valence-corrected chi connectivity index (χ1v) is 6.05. The Labute approximate surface area is 101 Å². The van der Waals surface area contributed by atoms with E-state index in [1.807, 2.05) is 18.2 Å². The maximum Gasteiger partial charge on any atom is 0.0528 e. The Kier molecular flexibility index (Phi) is 4.92. The molecule has 0 aliphatic carbocycles. The van der Waals surface area contributed by atoms with Gasteiger partial charge in [-0.25, -0.2) is 0 Å². The molecule has 0 saturated heterocycles. The average Bonchev–Trinajstić information content (AvgIpc) is 2.08. The first-order chi connectivity index (χ1) is 6.59. The maximum absolute atomic E-state index is 9.08. The van der Waals surface area contributed by atoms with Crippen LogP contribution in [-0.2, 0) is 0 Å². The SMILES string of the molecule is CC(O)CCNc1ccc(Br)cc1Br. The Morgan fingerprint density at radius 2 is 2.14 bits per heavy atom. The fourth-order valence-electron chi connectivity index (χ4n) is 1.05. The van der Waals surface area contributed by atoms with E-state index in [1.54, 1.807) is 6.92 Å². The van der Waals surface area contributed by atoms with Crippen LogP contribution in [-0.4, -0.2) is 17.8 Å². The minimum atomic E-state index is -0.253. The molecular weight excluding hydrogens is 310 g/mol. The van der Waals surface area contributed by atoms with Crippen molar-refractivity contribution in [1.29, 1.82) is 0 Å². The average molecular weight is 323 g/mol. The highest BCUT2D eigenvalue weighted by Crippen LogP contribution is 2.25. The van der Waals surface area contributed by atoms with E-state index in [0.717, 1.165) is 27.6 Å². The van der Waals surface area contributed by atoms with Gasteiger partial charge in [0.1, 0.15) is 0 Å². The molecule has 0 saturated carbocycles. The van der Waals surface area contributed by atoms with Gasteiger partial charge in [-0.2, -0.15) is 0 Å². The highest BCUT2D eigenvalue weighted by molar-refractivity contribution is 9.11. The summed E-state index contributed by atoms with van der Waals surface area (Å²) in [6, 6.07) is 5.97. The van der Waals surface area contributed by atoms with E-state index in [-0.39, 0.29) is 6.10 Å². The zero-order valence-electron chi connectivity index (χ0n) is 7.93. The first kappa shape index (κ1) is 12.0. The summed E-state index contributed by atoms with van der Waals surface area (Å²) in [6.07, 6.45) is 0.499. The first-order valence-electron chi connectivity index (χ1n) is 4.46. The lowest BCUT2D eigenvalue weighted by Crippen LogP contribution is -2.09. The van der Waals surface area contributed by atoms with Crippen molar-refractivity contribution < 1.29 is 5.11 Å². The number of hydrogen-bond donors (Lipinski definition) is 2. The van der Waals surface area contributed by atoms with Crippen LogP contribution in [0.25, 0.3) is 0 Å². The number of anilines is 1. The van der Waals surface area contributed by atoms with Gasteiger partial charge in [-0.05, 0) is 47.5 Å². The monoisotopic (exact) mass is 321 g/mol. The highest BCUT2D eigenvalue weighted by Gasteiger charge is 2.00. The molecule has 0 radical (unpaired) electrons. The predicted octanol–water partition coefficient (Wildman–Crippen LogP) is 3.39. The van der Waals surface area contributed by atoms with Crippen LogP contribution in [0.1, 0.15) is 13.3 Å². The topological polar surface area (TPSA) is 32.3 Å². The molecule has 2 nitrogen and oxygen atoms in total. The number of nitrogens with one attached hydrogen (secondary N) is 1. The number of aliphatic hydroxyl groups is 1. The summed E-state index contributed by atoms with van der Waals surface area (Å²) in [5.74, 6) is 0. The molecule has 0 heterocycles. The molecule has 1 aromatic rings. The van der Waals surface area contributed by atoms with Crippen LogP contribution in [0.3, 0.4) is 0 Å². The van der Waals surface area contributed by atoms with Crippen LogP contribution in [0.4, 0.5) is 5.69 Å². The third-order valence-electron chi connectivity index (χ3n) is 1.81. The van der Waals surface area contributed by atoms with Gasteiger partial charge in [0.15, 0.2) is 0 Å². The molecule has 1 atom stereocenters. The van der Waals surface area contributed by atoms with Crippen LogP contribution >= 0.6 is 31.9 Å². The predicted molar refractivity (Wildman–Crippen MR) is 66.6 cm³/mol. The lowest BCUT2D eigenvalue weighted by atomic mass is 10.2. The second-order valence-electron chi connectivity index (χ2n) is 3.19. The molecule has 2 N–H and O–H groups in total. The number of rotatable bonds is 4. The Bertz CT molecular complexity index is 302. The maximum atomic E-state index is 9.08. The van der Waals surface area contributed by atoms with Crippen LogP contribution in [0.2, 0.25) is 0 Å². The summed E-state index contributed by atoms with van der Waals surface area (Å²) in [5.41, 5.74) is 1.05. The molecule has 1 unspecified atom stereocenters. The minimum Gasteiger partial charge on any atom is -0.393 e. The van der Waals surface area contributed by atoms with Gasteiger partial charge in [0, 0.05) is 21.2 Å². The van der Waals surface area contributed by atoms with Gasteiger partial charge in [-0.3, -0.25) is 0 Å². The van der Waals surface area contributed by atoms with E-state index < -0.39 is 0 Å². The van der Waals surface area contributed by atoms with E-state index in [2.05, 4.69) is 37.2 Å². The van der Waals surface area contributed by atoms with Crippen molar-refractivity contribution in [2.24, 2.45) is 0 Å². The van der Waals surface area contributed by atoms with Crippen molar-refractivity contribution in [2.45, 2.75) is 19.4 Å². The number of hydrogen-bond acceptors (Lipinski definition) is 2. The van der Waals surface area contributed by atoms with E-state index in [4.69, 9.17) is 5.11 Å². The molecule has 0 fully saturated rings. The molecule has 0 aromatic heterocycles. The molecule has 4 heteroatoms. The van der Waals surface area contributed by atoms with Crippen molar-refractivity contribution in [1.82, 2.24) is 0 Å². The fraction of sp³-hybridized carbons (Fsp3) is 0.400. The molecule has 0 aliphatic heterocycles. The molecular formula is C10H13Br2NO. The van der Waals surface area contributed by atoms with Crippen molar-refractivity contribution >= 4 is 37.5 Å². The molecule has 0 aliphatic rings. The zero-order chi connectivity index (χ0) is 10.6. The number of aliphatic hydroxyl groups excluding tert-OH is 1. The lowest BCUT2D eigenvalue weighted by Gasteiger charge is -2.09. The Morgan fingerprint density at radius 3 is 2.71 bits per heavy atom. The van der Waals surface area contributed by atoms with Gasteiger partial charge >= 0.3 is 0 Å². The number of benzene rings is 1. The van der Waals surface area contributed by atoms with Gasteiger partial charge in [0.25, 0.3) is 0 Å². The largest absolute Gasteiger partial charge is 0.393 e. The lowest BCUT2D eigenvalue weighted by molar-refractivity contribution is 0.189. The summed E-state index contributed by atoms with van der Waals surface area (Å²) in [6.45, 7) is 2.57. The third-order valence-corrected chi connectivity index (χ3v) is 2.96. The Hall–Kier alpha value is -0.0600. The summed E-state index contributed by atoms with van der Waals surface area (Å²) in [5, 5.41) is 12.3. The second kappa shape index (κ2) is 5.73. The minimum absolute atomic E-state index is 0.253. The van der Waals surface area contributed by atoms with E-state index in [9.17, 15) is 0 Å². The standard InChI is InChI=1S/C10H13Br2NO/c1-7(14)4-5-13-10-3-2-8(11)6-9(10)12/h2-3,6-7,13-14H,4-5H2,1H3. The summed E-state index contributed by atoms with van der Waals surface area (Å²) >= 11 is 6.85. The molecule has 0 spiro atoms. The molecule has 0 bridgehead atoms. The van der Waals surface area contributed by atoms with Crippen LogP contribution < -0.4 is 5.32 Å². The van der Waals surface area contributed by atoms with Crippen molar-refractivity contribution in [3.63, 3.8) is 0 Å². The smallest absolute Gasteiger partial charge is 0.0528 e. The van der Waals surface area contributed by atoms with Crippen molar-refractivity contribution in [3.05, 3.63) is 27.1 Å². The van der Waals surface area contributed by atoms with Gasteiger partial charge in [0.05, 0.1) is 6.10 Å². The van der Waals surface area contributed by atoms with E-state index >= 15 is 0 Å². The van der Waals surface area contributed by atoms with E-state index in [0.29, 0.717) is 0 Å². The summed E-state index contributed by atoms with van der Waals surface area (Å²) in [7, 11) is 0.